The van der Waals surface area contributed by atoms with Crippen LogP contribution in [0.1, 0.15) is 30.9 Å². The van der Waals surface area contributed by atoms with E-state index in [1.807, 2.05) is 12.1 Å². The lowest BCUT2D eigenvalue weighted by molar-refractivity contribution is -0.143. The van der Waals surface area contributed by atoms with Gasteiger partial charge in [0, 0.05) is 18.1 Å². The highest BCUT2D eigenvalue weighted by atomic mass is 35.5. The van der Waals surface area contributed by atoms with Crippen molar-refractivity contribution in [1.82, 2.24) is 15.5 Å². The summed E-state index contributed by atoms with van der Waals surface area (Å²) in [5.74, 6) is 0.480. The molecule has 2 N–H and O–H groups in total. The molecule has 1 aromatic rings. The number of rotatable bonds is 6. The van der Waals surface area contributed by atoms with E-state index >= 15 is 0 Å². The molecule has 1 aliphatic carbocycles. The van der Waals surface area contributed by atoms with Gasteiger partial charge in [0.2, 0.25) is 0 Å². The second-order valence-electron chi connectivity index (χ2n) is 7.23. The second kappa shape index (κ2) is 8.05. The SMILES string of the molecule is O=C(NC[C@H]1CCN(CC(F)(F)F)C1)N[C@@H](c1ccc(Cl)cc1)C1CC1. The zero-order valence-corrected chi connectivity index (χ0v) is 15.1. The van der Waals surface area contributed by atoms with Crippen molar-refractivity contribution in [1.29, 1.82) is 0 Å². The first-order valence-electron chi connectivity index (χ1n) is 8.89. The van der Waals surface area contributed by atoms with E-state index in [-0.39, 0.29) is 18.0 Å². The Balaban J connectivity index is 1.45. The van der Waals surface area contributed by atoms with Gasteiger partial charge in [0.15, 0.2) is 0 Å². The summed E-state index contributed by atoms with van der Waals surface area (Å²) in [6, 6.07) is 7.11. The number of amides is 2. The number of likely N-dealkylation sites (tertiary alicyclic amines) is 1. The molecule has 4 nitrogen and oxygen atoms in total. The maximum atomic E-state index is 12.4. The lowest BCUT2D eigenvalue weighted by Gasteiger charge is -2.21. The molecule has 0 spiro atoms. The predicted molar refractivity (Wildman–Crippen MR) is 94.1 cm³/mol. The number of hydrogen-bond acceptors (Lipinski definition) is 2. The summed E-state index contributed by atoms with van der Waals surface area (Å²) in [5, 5.41) is 6.47. The van der Waals surface area contributed by atoms with Crippen LogP contribution < -0.4 is 10.6 Å². The highest BCUT2D eigenvalue weighted by Gasteiger charge is 2.35. The summed E-state index contributed by atoms with van der Waals surface area (Å²) >= 11 is 5.92. The van der Waals surface area contributed by atoms with E-state index in [4.69, 9.17) is 11.6 Å². The number of carbonyl (C=O) groups excluding carboxylic acids is 1. The summed E-state index contributed by atoms with van der Waals surface area (Å²) in [5.41, 5.74) is 1.02. The Morgan fingerprint density at radius 3 is 2.54 bits per heavy atom. The molecule has 2 aliphatic rings. The Labute approximate surface area is 156 Å². The van der Waals surface area contributed by atoms with E-state index in [1.54, 1.807) is 12.1 Å². The quantitative estimate of drug-likeness (QED) is 0.773. The highest BCUT2D eigenvalue weighted by Crippen LogP contribution is 2.41. The molecule has 0 radical (unpaired) electrons. The second-order valence-corrected chi connectivity index (χ2v) is 7.66. The van der Waals surface area contributed by atoms with E-state index < -0.39 is 12.7 Å². The van der Waals surface area contributed by atoms with Crippen LogP contribution in [0.3, 0.4) is 0 Å². The molecule has 0 unspecified atom stereocenters. The van der Waals surface area contributed by atoms with Gasteiger partial charge in [-0.05, 0) is 55.3 Å². The fraction of sp³-hybridized carbons (Fsp3) is 0.611. The summed E-state index contributed by atoms with van der Waals surface area (Å²) in [6.07, 6.45) is -1.36. The van der Waals surface area contributed by atoms with Crippen LogP contribution in [0.4, 0.5) is 18.0 Å². The first-order valence-corrected chi connectivity index (χ1v) is 9.27. The molecule has 2 atom stereocenters. The van der Waals surface area contributed by atoms with Gasteiger partial charge >= 0.3 is 12.2 Å². The van der Waals surface area contributed by atoms with Crippen LogP contribution >= 0.6 is 11.6 Å². The van der Waals surface area contributed by atoms with Crippen LogP contribution in [-0.4, -0.2) is 43.3 Å². The van der Waals surface area contributed by atoms with Crippen molar-refractivity contribution in [2.45, 2.75) is 31.5 Å². The summed E-state index contributed by atoms with van der Waals surface area (Å²) in [6.45, 7) is 0.292. The fourth-order valence-electron chi connectivity index (χ4n) is 3.48. The predicted octanol–water partition coefficient (Wildman–Crippen LogP) is 3.97. The number of nitrogens with zero attached hydrogens (tertiary/aromatic N) is 1. The Hall–Kier alpha value is -1.47. The van der Waals surface area contributed by atoms with Gasteiger partial charge < -0.3 is 10.6 Å². The molecule has 144 valence electrons. The third kappa shape index (κ3) is 5.77. The summed E-state index contributed by atoms with van der Waals surface area (Å²) < 4.78 is 37.3. The van der Waals surface area contributed by atoms with Crippen molar-refractivity contribution in [2.75, 3.05) is 26.2 Å². The smallest absolute Gasteiger partial charge is 0.338 e. The molecule has 2 fully saturated rings. The van der Waals surface area contributed by atoms with Crippen LogP contribution in [-0.2, 0) is 0 Å². The Morgan fingerprint density at radius 1 is 1.23 bits per heavy atom. The van der Waals surface area contributed by atoms with E-state index in [9.17, 15) is 18.0 Å². The van der Waals surface area contributed by atoms with Crippen LogP contribution in [0.15, 0.2) is 24.3 Å². The van der Waals surface area contributed by atoms with Crippen molar-refractivity contribution in [3.8, 4) is 0 Å². The van der Waals surface area contributed by atoms with Crippen LogP contribution in [0, 0.1) is 11.8 Å². The summed E-state index contributed by atoms with van der Waals surface area (Å²) in [4.78, 5) is 13.6. The number of carbonyl (C=O) groups is 1. The molecule has 1 aromatic carbocycles. The largest absolute Gasteiger partial charge is 0.401 e. The van der Waals surface area contributed by atoms with Crippen molar-refractivity contribution in [3.63, 3.8) is 0 Å². The molecule has 26 heavy (non-hydrogen) atoms. The molecule has 1 saturated carbocycles. The van der Waals surface area contributed by atoms with Gasteiger partial charge in [0.05, 0.1) is 12.6 Å². The van der Waals surface area contributed by atoms with Crippen LogP contribution in [0.2, 0.25) is 5.02 Å². The maximum absolute atomic E-state index is 12.4. The molecule has 2 amide bonds. The molecule has 0 aromatic heterocycles. The van der Waals surface area contributed by atoms with Crippen molar-refractivity contribution in [3.05, 3.63) is 34.9 Å². The average molecular weight is 390 g/mol. The van der Waals surface area contributed by atoms with Gasteiger partial charge in [-0.15, -0.1) is 0 Å². The monoisotopic (exact) mass is 389 g/mol. The van der Waals surface area contributed by atoms with E-state index in [1.165, 1.54) is 4.90 Å². The minimum absolute atomic E-state index is 0.0537. The minimum atomic E-state index is -4.17. The lowest BCUT2D eigenvalue weighted by atomic mass is 10.0. The van der Waals surface area contributed by atoms with E-state index in [0.29, 0.717) is 37.0 Å². The zero-order valence-electron chi connectivity index (χ0n) is 14.4. The lowest BCUT2D eigenvalue weighted by Crippen LogP contribution is -2.41. The number of benzene rings is 1. The van der Waals surface area contributed by atoms with Gasteiger partial charge in [-0.1, -0.05) is 23.7 Å². The normalized spacial score (nSPS) is 22.2. The zero-order chi connectivity index (χ0) is 18.7. The van der Waals surface area contributed by atoms with E-state index in [0.717, 1.165) is 18.4 Å². The molecule has 1 saturated heterocycles. The first-order chi connectivity index (χ1) is 12.3. The molecule has 8 heteroatoms. The Bertz CT molecular complexity index is 619. The topological polar surface area (TPSA) is 44.4 Å². The molecule has 3 rings (SSSR count). The number of hydrogen-bond donors (Lipinski definition) is 2. The number of halogens is 4. The van der Waals surface area contributed by atoms with Gasteiger partial charge in [-0.3, -0.25) is 4.90 Å². The standard InChI is InChI=1S/C18H23ClF3N3O/c19-15-5-3-14(4-6-15)16(13-1-2-13)24-17(26)23-9-12-7-8-25(10-12)11-18(20,21)22/h3-6,12-13,16H,1-2,7-11H2,(H2,23,24,26)/t12-,16-/m1/s1. The number of nitrogens with one attached hydrogen (secondary N) is 2. The van der Waals surface area contributed by atoms with Crippen molar-refractivity contribution >= 4 is 17.6 Å². The molecule has 1 heterocycles. The van der Waals surface area contributed by atoms with Gasteiger partial charge in [-0.2, -0.15) is 13.2 Å². The number of alkyl halides is 3. The van der Waals surface area contributed by atoms with Gasteiger partial charge in [0.1, 0.15) is 0 Å². The van der Waals surface area contributed by atoms with Crippen molar-refractivity contribution in [2.24, 2.45) is 11.8 Å². The third-order valence-corrected chi connectivity index (χ3v) is 5.19. The van der Waals surface area contributed by atoms with Gasteiger partial charge in [-0.25, -0.2) is 4.79 Å². The Morgan fingerprint density at radius 2 is 1.92 bits per heavy atom. The van der Waals surface area contributed by atoms with Crippen molar-refractivity contribution < 1.29 is 18.0 Å². The first kappa shape index (κ1) is 19.3. The maximum Gasteiger partial charge on any atom is 0.401 e. The minimum Gasteiger partial charge on any atom is -0.338 e. The van der Waals surface area contributed by atoms with E-state index in [2.05, 4.69) is 10.6 Å². The average Bonchev–Trinajstić information content (AvgIpc) is 3.31. The van der Waals surface area contributed by atoms with Crippen LogP contribution in [0.5, 0.6) is 0 Å². The van der Waals surface area contributed by atoms with Gasteiger partial charge in [0.25, 0.3) is 0 Å². The number of urea groups is 1. The summed E-state index contributed by atoms with van der Waals surface area (Å²) in [7, 11) is 0. The molecule has 0 bridgehead atoms. The highest BCUT2D eigenvalue weighted by molar-refractivity contribution is 6.30. The Kier molecular flexibility index (Phi) is 5.97. The van der Waals surface area contributed by atoms with Crippen LogP contribution in [0.25, 0.3) is 0 Å². The molecular weight excluding hydrogens is 367 g/mol. The molecule has 1 aliphatic heterocycles. The fourth-order valence-corrected chi connectivity index (χ4v) is 3.60. The third-order valence-electron chi connectivity index (χ3n) is 4.93. The molecular formula is C18H23ClF3N3O.